The maximum Gasteiger partial charge on any atom is 0.295 e. The van der Waals surface area contributed by atoms with Crippen LogP contribution in [0.1, 0.15) is 23.6 Å². The van der Waals surface area contributed by atoms with Gasteiger partial charge < -0.3 is 5.73 Å². The molecule has 166 valence electrons. The molecule has 32 heavy (non-hydrogen) atoms. The minimum absolute atomic E-state index is 0.0590. The predicted molar refractivity (Wildman–Crippen MR) is 127 cm³/mol. The molecule has 0 aliphatic rings. The SMILES string of the molecule is C/C(=N\Nc1ccc(S(=O)(=O)Nc2ccc(C)cc2C)cc1[N+](=O)[O-])c1cccc(N)c1. The highest BCUT2D eigenvalue weighted by atomic mass is 32.2. The normalized spacial score (nSPS) is 11.8. The highest BCUT2D eigenvalue weighted by Crippen LogP contribution is 2.29. The molecule has 0 radical (unpaired) electrons. The Kier molecular flexibility index (Phi) is 6.45. The molecule has 0 spiro atoms. The van der Waals surface area contributed by atoms with Gasteiger partial charge in [-0.1, -0.05) is 29.8 Å². The van der Waals surface area contributed by atoms with E-state index in [4.69, 9.17) is 5.73 Å². The number of sulfonamides is 1. The molecule has 0 saturated heterocycles. The molecule has 0 amide bonds. The molecule has 10 heteroatoms. The lowest BCUT2D eigenvalue weighted by Crippen LogP contribution is -2.14. The first-order valence-corrected chi connectivity index (χ1v) is 11.1. The predicted octanol–water partition coefficient (Wildman–Crippen LogP) is 4.43. The summed E-state index contributed by atoms with van der Waals surface area (Å²) in [6.07, 6.45) is 0. The number of nitrogen functional groups attached to an aromatic ring is 1. The Balaban J connectivity index is 1.90. The van der Waals surface area contributed by atoms with Gasteiger partial charge in [0, 0.05) is 11.8 Å². The minimum atomic E-state index is -4.03. The first kappa shape index (κ1) is 22.8. The summed E-state index contributed by atoms with van der Waals surface area (Å²) in [4.78, 5) is 10.7. The first-order valence-electron chi connectivity index (χ1n) is 9.61. The third kappa shape index (κ3) is 5.22. The van der Waals surface area contributed by atoms with Crippen molar-refractivity contribution in [1.82, 2.24) is 0 Å². The van der Waals surface area contributed by atoms with Gasteiger partial charge in [0.05, 0.1) is 21.2 Å². The van der Waals surface area contributed by atoms with E-state index in [1.807, 2.05) is 13.0 Å². The standard InChI is InChI=1S/C22H23N5O4S/c1-14-7-9-20(15(2)11-14)26-32(30,31)19-8-10-21(22(13-19)27(28)29)25-24-16(3)17-5-4-6-18(23)12-17/h4-13,25-26H,23H2,1-3H3/b24-16+. The van der Waals surface area contributed by atoms with E-state index in [0.717, 1.165) is 22.8 Å². The highest BCUT2D eigenvalue weighted by molar-refractivity contribution is 7.92. The Morgan fingerprint density at radius 2 is 1.75 bits per heavy atom. The Labute approximate surface area is 186 Å². The molecule has 0 fully saturated rings. The Hall–Kier alpha value is -3.92. The second-order valence-corrected chi connectivity index (χ2v) is 8.98. The summed E-state index contributed by atoms with van der Waals surface area (Å²) in [6.45, 7) is 5.40. The van der Waals surface area contributed by atoms with Crippen LogP contribution in [-0.2, 0) is 10.0 Å². The summed E-state index contributed by atoms with van der Waals surface area (Å²) < 4.78 is 28.1. The molecule has 0 aliphatic heterocycles. The zero-order valence-corrected chi connectivity index (χ0v) is 18.6. The Morgan fingerprint density at radius 3 is 2.41 bits per heavy atom. The van der Waals surface area contributed by atoms with Crippen LogP contribution in [-0.4, -0.2) is 19.1 Å². The summed E-state index contributed by atoms with van der Waals surface area (Å²) >= 11 is 0. The maximum atomic E-state index is 12.8. The van der Waals surface area contributed by atoms with Gasteiger partial charge in [-0.2, -0.15) is 5.10 Å². The van der Waals surface area contributed by atoms with Gasteiger partial charge in [0.15, 0.2) is 0 Å². The van der Waals surface area contributed by atoms with Crippen LogP contribution in [0.2, 0.25) is 0 Å². The van der Waals surface area contributed by atoms with E-state index in [9.17, 15) is 18.5 Å². The molecule has 3 aromatic carbocycles. The van der Waals surface area contributed by atoms with E-state index in [0.29, 0.717) is 17.1 Å². The summed E-state index contributed by atoms with van der Waals surface area (Å²) in [5.41, 5.74) is 12.1. The quantitative estimate of drug-likeness (QED) is 0.209. The number of hydrogen-bond donors (Lipinski definition) is 3. The van der Waals surface area contributed by atoms with Crippen molar-refractivity contribution in [2.75, 3.05) is 15.9 Å². The molecule has 0 aliphatic carbocycles. The van der Waals surface area contributed by atoms with Crippen LogP contribution in [0.5, 0.6) is 0 Å². The van der Waals surface area contributed by atoms with Crippen molar-refractivity contribution in [3.05, 3.63) is 87.5 Å². The van der Waals surface area contributed by atoms with Crippen molar-refractivity contribution in [3.63, 3.8) is 0 Å². The lowest BCUT2D eigenvalue weighted by molar-refractivity contribution is -0.384. The van der Waals surface area contributed by atoms with Gasteiger partial charge in [-0.25, -0.2) is 8.42 Å². The fourth-order valence-corrected chi connectivity index (χ4v) is 4.18. The molecule has 0 bridgehead atoms. The Morgan fingerprint density at radius 1 is 1.03 bits per heavy atom. The number of hydrazone groups is 1. The van der Waals surface area contributed by atoms with Crippen LogP contribution in [0.4, 0.5) is 22.7 Å². The van der Waals surface area contributed by atoms with Crippen molar-refractivity contribution in [3.8, 4) is 0 Å². The lowest BCUT2D eigenvalue weighted by Gasteiger charge is -2.12. The molecule has 0 unspecified atom stereocenters. The largest absolute Gasteiger partial charge is 0.399 e. The number of nitrogens with zero attached hydrogens (tertiary/aromatic N) is 2. The number of nitro benzene ring substituents is 1. The second-order valence-electron chi connectivity index (χ2n) is 7.29. The van der Waals surface area contributed by atoms with E-state index < -0.39 is 20.6 Å². The van der Waals surface area contributed by atoms with Crippen LogP contribution in [0.25, 0.3) is 0 Å². The van der Waals surface area contributed by atoms with Gasteiger partial charge in [-0.15, -0.1) is 0 Å². The van der Waals surface area contributed by atoms with Crippen LogP contribution in [0.15, 0.2) is 70.7 Å². The number of aryl methyl sites for hydroxylation is 2. The maximum absolute atomic E-state index is 12.8. The number of benzene rings is 3. The molecule has 9 nitrogen and oxygen atoms in total. The van der Waals surface area contributed by atoms with Crippen molar-refractivity contribution in [2.45, 2.75) is 25.7 Å². The fourth-order valence-electron chi connectivity index (χ4n) is 3.03. The average molecular weight is 454 g/mol. The molecule has 0 atom stereocenters. The Bertz CT molecular complexity index is 1320. The average Bonchev–Trinajstić information content (AvgIpc) is 2.73. The highest BCUT2D eigenvalue weighted by Gasteiger charge is 2.22. The summed E-state index contributed by atoms with van der Waals surface area (Å²) in [5, 5.41) is 15.8. The zero-order valence-electron chi connectivity index (χ0n) is 17.8. The van der Waals surface area contributed by atoms with Gasteiger partial charge in [0.1, 0.15) is 5.69 Å². The van der Waals surface area contributed by atoms with Gasteiger partial charge in [-0.05, 0) is 62.2 Å². The molecule has 0 saturated carbocycles. The number of anilines is 3. The molecule has 4 N–H and O–H groups in total. The summed E-state index contributed by atoms with van der Waals surface area (Å²) in [5.74, 6) is 0. The number of rotatable bonds is 7. The molecular formula is C22H23N5O4S. The molecule has 3 aromatic rings. The molecular weight excluding hydrogens is 430 g/mol. The lowest BCUT2D eigenvalue weighted by atomic mass is 10.1. The third-order valence-corrected chi connectivity index (χ3v) is 6.11. The van der Waals surface area contributed by atoms with Crippen molar-refractivity contribution < 1.29 is 13.3 Å². The van der Waals surface area contributed by atoms with E-state index in [1.54, 1.807) is 50.2 Å². The number of hydrogen-bond acceptors (Lipinski definition) is 7. The van der Waals surface area contributed by atoms with Crippen LogP contribution >= 0.6 is 0 Å². The number of nitro groups is 1. The molecule has 0 aromatic heterocycles. The second kappa shape index (κ2) is 9.06. The van der Waals surface area contributed by atoms with Gasteiger partial charge in [0.25, 0.3) is 15.7 Å². The van der Waals surface area contributed by atoms with Crippen LogP contribution in [0.3, 0.4) is 0 Å². The van der Waals surface area contributed by atoms with Crippen molar-refractivity contribution in [2.24, 2.45) is 5.10 Å². The first-order chi connectivity index (χ1) is 15.1. The summed E-state index contributed by atoms with van der Waals surface area (Å²) in [7, 11) is -4.03. The van der Waals surface area contributed by atoms with Crippen LogP contribution in [0, 0.1) is 24.0 Å². The number of nitrogens with two attached hydrogens (primary N) is 1. The zero-order chi connectivity index (χ0) is 23.5. The number of nitrogens with one attached hydrogen (secondary N) is 2. The smallest absolute Gasteiger partial charge is 0.295 e. The van der Waals surface area contributed by atoms with Crippen molar-refractivity contribution in [1.29, 1.82) is 0 Å². The monoisotopic (exact) mass is 453 g/mol. The molecule has 3 rings (SSSR count). The van der Waals surface area contributed by atoms with E-state index in [-0.39, 0.29) is 10.6 Å². The van der Waals surface area contributed by atoms with Gasteiger partial charge >= 0.3 is 0 Å². The topological polar surface area (TPSA) is 140 Å². The van der Waals surface area contributed by atoms with E-state index in [2.05, 4.69) is 15.2 Å². The minimum Gasteiger partial charge on any atom is -0.399 e. The third-order valence-electron chi connectivity index (χ3n) is 4.75. The fraction of sp³-hybridized carbons (Fsp3) is 0.136. The van der Waals surface area contributed by atoms with Gasteiger partial charge in [-0.3, -0.25) is 20.3 Å². The molecule has 0 heterocycles. The van der Waals surface area contributed by atoms with Crippen molar-refractivity contribution >= 4 is 38.5 Å². The summed E-state index contributed by atoms with van der Waals surface area (Å²) in [6, 6.07) is 15.9. The van der Waals surface area contributed by atoms with Gasteiger partial charge in [0.2, 0.25) is 0 Å². The van der Waals surface area contributed by atoms with Crippen LogP contribution < -0.4 is 15.9 Å². The van der Waals surface area contributed by atoms with E-state index >= 15 is 0 Å². The van der Waals surface area contributed by atoms with E-state index in [1.165, 1.54) is 12.1 Å².